The fraction of sp³-hybridized carbons (Fsp3) is 0.300. The van der Waals surface area contributed by atoms with Crippen LogP contribution in [0.2, 0.25) is 0 Å². The van der Waals surface area contributed by atoms with E-state index in [2.05, 4.69) is 10.6 Å². The number of benzene rings is 2. The lowest BCUT2D eigenvalue weighted by Gasteiger charge is -2.14. The van der Waals surface area contributed by atoms with Crippen molar-refractivity contribution in [3.8, 4) is 17.2 Å². The topological polar surface area (TPSA) is 104 Å². The predicted octanol–water partition coefficient (Wildman–Crippen LogP) is 3.16. The van der Waals surface area contributed by atoms with Gasteiger partial charge in [0.1, 0.15) is 6.61 Å². The van der Waals surface area contributed by atoms with Crippen molar-refractivity contribution in [1.29, 1.82) is 0 Å². The van der Waals surface area contributed by atoms with Gasteiger partial charge in [-0.2, -0.15) is 0 Å². The van der Waals surface area contributed by atoms with Gasteiger partial charge in [-0.25, -0.2) is 4.79 Å². The van der Waals surface area contributed by atoms with Crippen LogP contribution < -0.4 is 24.8 Å². The Balaban J connectivity index is 2.12. The van der Waals surface area contributed by atoms with Crippen LogP contribution in [0.4, 0.5) is 16.2 Å². The quantitative estimate of drug-likeness (QED) is 0.619. The van der Waals surface area contributed by atoms with Gasteiger partial charge in [0.05, 0.1) is 27.9 Å². The predicted molar refractivity (Wildman–Crippen MR) is 107 cm³/mol. The SMILES string of the molecule is COCCOC(=O)Nc1cccc(NC(=O)c2cc(OC)c(OC)c(OC)c2)c1. The van der Waals surface area contributed by atoms with E-state index in [9.17, 15) is 9.59 Å². The van der Waals surface area contributed by atoms with Gasteiger partial charge in [-0.1, -0.05) is 6.07 Å². The maximum Gasteiger partial charge on any atom is 0.411 e. The number of carbonyl (C=O) groups excluding carboxylic acids is 2. The molecule has 0 aliphatic rings. The van der Waals surface area contributed by atoms with E-state index in [0.29, 0.717) is 40.8 Å². The molecule has 156 valence electrons. The third-order valence-corrected chi connectivity index (χ3v) is 3.81. The summed E-state index contributed by atoms with van der Waals surface area (Å²) in [6, 6.07) is 9.75. The van der Waals surface area contributed by atoms with Crippen LogP contribution in [-0.2, 0) is 9.47 Å². The molecule has 0 unspecified atom stereocenters. The monoisotopic (exact) mass is 404 g/mol. The van der Waals surface area contributed by atoms with Crippen LogP contribution >= 0.6 is 0 Å². The molecule has 2 aromatic rings. The first kappa shape index (κ1) is 21.8. The van der Waals surface area contributed by atoms with Gasteiger partial charge in [0.2, 0.25) is 5.75 Å². The summed E-state index contributed by atoms with van der Waals surface area (Å²) in [5.74, 6) is 0.742. The molecule has 2 N–H and O–H groups in total. The maximum atomic E-state index is 12.7. The van der Waals surface area contributed by atoms with Crippen LogP contribution in [0.25, 0.3) is 0 Å². The van der Waals surface area contributed by atoms with Crippen molar-refractivity contribution in [2.45, 2.75) is 0 Å². The van der Waals surface area contributed by atoms with E-state index in [0.717, 1.165) is 0 Å². The minimum Gasteiger partial charge on any atom is -0.493 e. The highest BCUT2D eigenvalue weighted by Crippen LogP contribution is 2.38. The summed E-state index contributed by atoms with van der Waals surface area (Å²) >= 11 is 0. The first-order chi connectivity index (χ1) is 14.0. The molecule has 0 saturated heterocycles. The first-order valence-corrected chi connectivity index (χ1v) is 8.66. The molecule has 9 heteroatoms. The minimum absolute atomic E-state index is 0.139. The van der Waals surface area contributed by atoms with Gasteiger partial charge < -0.3 is 29.0 Å². The summed E-state index contributed by atoms with van der Waals surface area (Å²) in [6.45, 7) is 0.443. The summed E-state index contributed by atoms with van der Waals surface area (Å²) in [5.41, 5.74) is 1.27. The molecule has 29 heavy (non-hydrogen) atoms. The van der Waals surface area contributed by atoms with Crippen LogP contribution in [0.3, 0.4) is 0 Å². The fourth-order valence-corrected chi connectivity index (χ4v) is 2.46. The van der Waals surface area contributed by atoms with Crippen molar-refractivity contribution >= 4 is 23.4 Å². The number of rotatable bonds is 9. The van der Waals surface area contributed by atoms with E-state index in [4.69, 9.17) is 23.7 Å². The normalized spacial score (nSPS) is 10.1. The number of amides is 2. The molecule has 2 aromatic carbocycles. The molecule has 0 aliphatic carbocycles. The highest BCUT2D eigenvalue weighted by molar-refractivity contribution is 6.05. The van der Waals surface area contributed by atoms with Crippen molar-refractivity contribution in [3.05, 3.63) is 42.0 Å². The van der Waals surface area contributed by atoms with Crippen LogP contribution in [0.15, 0.2) is 36.4 Å². The summed E-state index contributed by atoms with van der Waals surface area (Å²) < 4.78 is 25.6. The maximum absolute atomic E-state index is 12.7. The van der Waals surface area contributed by atoms with Gasteiger partial charge in [-0.15, -0.1) is 0 Å². The van der Waals surface area contributed by atoms with Gasteiger partial charge in [-0.3, -0.25) is 10.1 Å². The Kier molecular flexibility index (Phi) is 8.11. The third-order valence-electron chi connectivity index (χ3n) is 3.81. The van der Waals surface area contributed by atoms with E-state index in [1.165, 1.54) is 28.4 Å². The van der Waals surface area contributed by atoms with Gasteiger partial charge in [0.25, 0.3) is 5.91 Å². The first-order valence-electron chi connectivity index (χ1n) is 8.66. The fourth-order valence-electron chi connectivity index (χ4n) is 2.46. The summed E-state index contributed by atoms with van der Waals surface area (Å²) in [5, 5.41) is 5.34. The van der Waals surface area contributed by atoms with E-state index >= 15 is 0 Å². The minimum atomic E-state index is -0.616. The third kappa shape index (κ3) is 6.01. The highest BCUT2D eigenvalue weighted by atomic mass is 16.6. The summed E-state index contributed by atoms with van der Waals surface area (Å²) in [4.78, 5) is 24.4. The molecule has 0 fully saturated rings. The number of anilines is 2. The molecule has 0 atom stereocenters. The van der Waals surface area contributed by atoms with E-state index in [1.807, 2.05) is 0 Å². The lowest BCUT2D eigenvalue weighted by molar-refractivity contribution is 0.102. The van der Waals surface area contributed by atoms with Crippen molar-refractivity contribution in [2.24, 2.45) is 0 Å². The van der Waals surface area contributed by atoms with Crippen LogP contribution in [-0.4, -0.2) is 53.7 Å². The van der Waals surface area contributed by atoms with E-state index in [-0.39, 0.29) is 12.5 Å². The summed E-state index contributed by atoms with van der Waals surface area (Å²) in [7, 11) is 5.94. The van der Waals surface area contributed by atoms with Crippen LogP contribution in [0, 0.1) is 0 Å². The molecule has 9 nitrogen and oxygen atoms in total. The van der Waals surface area contributed by atoms with Crippen LogP contribution in [0.1, 0.15) is 10.4 Å². The molecule has 0 spiro atoms. The second kappa shape index (κ2) is 10.8. The second-order valence-corrected chi connectivity index (χ2v) is 5.70. The molecule has 0 heterocycles. The Morgan fingerprint density at radius 1 is 0.828 bits per heavy atom. The number of hydrogen-bond acceptors (Lipinski definition) is 7. The Hall–Kier alpha value is -3.46. The van der Waals surface area contributed by atoms with Gasteiger partial charge in [-0.05, 0) is 30.3 Å². The zero-order valence-corrected chi connectivity index (χ0v) is 16.7. The Labute approximate surface area is 168 Å². The lowest BCUT2D eigenvalue weighted by atomic mass is 10.1. The average molecular weight is 404 g/mol. The van der Waals surface area contributed by atoms with Crippen molar-refractivity contribution < 1.29 is 33.3 Å². The Morgan fingerprint density at radius 3 is 2.00 bits per heavy atom. The number of hydrogen-bond donors (Lipinski definition) is 2. The number of nitrogens with one attached hydrogen (secondary N) is 2. The number of carbonyl (C=O) groups is 2. The molecule has 0 saturated carbocycles. The second-order valence-electron chi connectivity index (χ2n) is 5.70. The van der Waals surface area contributed by atoms with Crippen LogP contribution in [0.5, 0.6) is 17.2 Å². The zero-order chi connectivity index (χ0) is 21.2. The van der Waals surface area contributed by atoms with E-state index < -0.39 is 6.09 Å². The van der Waals surface area contributed by atoms with Gasteiger partial charge in [0.15, 0.2) is 11.5 Å². The molecule has 2 amide bonds. The molecule has 0 bridgehead atoms. The molecular weight excluding hydrogens is 380 g/mol. The van der Waals surface area contributed by atoms with Gasteiger partial charge in [0, 0.05) is 24.0 Å². The summed E-state index contributed by atoms with van der Waals surface area (Å²) in [6.07, 6.45) is -0.616. The Bertz CT molecular complexity index is 829. The zero-order valence-electron chi connectivity index (χ0n) is 16.7. The smallest absolute Gasteiger partial charge is 0.411 e. The standard InChI is InChI=1S/C20H24N2O7/c1-25-8-9-29-20(24)22-15-7-5-6-14(12-15)21-19(23)13-10-16(26-2)18(28-4)17(11-13)27-3/h5-7,10-12H,8-9H2,1-4H3,(H,21,23)(H,22,24). The molecular formula is C20H24N2O7. The number of methoxy groups -OCH3 is 4. The Morgan fingerprint density at radius 2 is 1.45 bits per heavy atom. The van der Waals surface area contributed by atoms with E-state index in [1.54, 1.807) is 36.4 Å². The molecule has 0 aliphatic heterocycles. The molecule has 0 radical (unpaired) electrons. The highest BCUT2D eigenvalue weighted by Gasteiger charge is 2.17. The largest absolute Gasteiger partial charge is 0.493 e. The van der Waals surface area contributed by atoms with Crippen molar-refractivity contribution in [2.75, 3.05) is 52.3 Å². The molecule has 0 aromatic heterocycles. The average Bonchev–Trinajstić information content (AvgIpc) is 2.72. The lowest BCUT2D eigenvalue weighted by Crippen LogP contribution is -2.17. The van der Waals surface area contributed by atoms with Crippen molar-refractivity contribution in [1.82, 2.24) is 0 Å². The number of ether oxygens (including phenoxy) is 5. The van der Waals surface area contributed by atoms with Gasteiger partial charge >= 0.3 is 6.09 Å². The molecule has 2 rings (SSSR count). The van der Waals surface area contributed by atoms with Crippen molar-refractivity contribution in [3.63, 3.8) is 0 Å².